The molecule has 3 aromatic rings. The molecule has 0 saturated heterocycles. The van der Waals surface area contributed by atoms with Crippen molar-refractivity contribution in [3.8, 4) is 0 Å². The van der Waals surface area contributed by atoms with E-state index in [-0.39, 0.29) is 11.5 Å². The molecule has 2 aromatic heterocycles. The number of para-hydroxylation sites is 1. The van der Waals surface area contributed by atoms with Gasteiger partial charge in [-0.05, 0) is 24.3 Å². The number of rotatable bonds is 1. The number of anilines is 1. The van der Waals surface area contributed by atoms with E-state index in [9.17, 15) is 4.79 Å². The molecule has 3 N–H and O–H groups in total. The van der Waals surface area contributed by atoms with Gasteiger partial charge in [0.05, 0.1) is 16.6 Å². The number of nitrogens with one attached hydrogen (secondary N) is 1. The standard InChI is InChI=1S/C15H12N6O/c16-14-18-12(10-6-3-4-8-17-10)21-11-7-2-1-5-9(11)13(22)19-15(21)20-14/h1-8,12H,(H3,16,18,19,20,22)/t12-/m0/s1. The number of nitrogens with two attached hydrogens (primary N) is 1. The Kier molecular flexibility index (Phi) is 2.65. The Balaban J connectivity index is 2.06. The van der Waals surface area contributed by atoms with Gasteiger partial charge in [-0.15, -0.1) is 0 Å². The molecule has 0 aliphatic carbocycles. The van der Waals surface area contributed by atoms with Gasteiger partial charge in [-0.3, -0.25) is 19.7 Å². The van der Waals surface area contributed by atoms with Crippen molar-refractivity contribution in [2.45, 2.75) is 6.17 Å². The van der Waals surface area contributed by atoms with E-state index in [2.05, 4.69) is 20.3 Å². The fourth-order valence-electron chi connectivity index (χ4n) is 2.59. The van der Waals surface area contributed by atoms with Gasteiger partial charge in [0.1, 0.15) is 0 Å². The zero-order chi connectivity index (χ0) is 15.1. The number of hydrogen-bond acceptors (Lipinski definition) is 6. The first-order valence-electron chi connectivity index (χ1n) is 6.76. The number of pyridine rings is 1. The number of aromatic nitrogens is 3. The minimum atomic E-state index is -0.463. The van der Waals surface area contributed by atoms with Crippen molar-refractivity contribution in [1.82, 2.24) is 14.5 Å². The summed E-state index contributed by atoms with van der Waals surface area (Å²) in [5.41, 5.74) is 6.98. The summed E-state index contributed by atoms with van der Waals surface area (Å²) >= 11 is 0. The Morgan fingerprint density at radius 1 is 1.14 bits per heavy atom. The van der Waals surface area contributed by atoms with Crippen molar-refractivity contribution in [2.75, 3.05) is 5.32 Å². The van der Waals surface area contributed by atoms with Gasteiger partial charge in [-0.25, -0.2) is 4.99 Å². The predicted octanol–water partition coefficient (Wildman–Crippen LogP) is 1.08. The van der Waals surface area contributed by atoms with E-state index < -0.39 is 6.17 Å². The molecule has 0 saturated carbocycles. The van der Waals surface area contributed by atoms with Crippen LogP contribution in [0.3, 0.4) is 0 Å². The van der Waals surface area contributed by atoms with Gasteiger partial charge in [0.25, 0.3) is 5.56 Å². The highest BCUT2D eigenvalue weighted by Gasteiger charge is 2.25. The molecule has 1 aliphatic heterocycles. The predicted molar refractivity (Wildman–Crippen MR) is 83.6 cm³/mol. The molecule has 0 spiro atoms. The minimum Gasteiger partial charge on any atom is -0.370 e. The summed E-state index contributed by atoms with van der Waals surface area (Å²) < 4.78 is 1.83. The van der Waals surface area contributed by atoms with Gasteiger partial charge >= 0.3 is 0 Å². The molecule has 4 rings (SSSR count). The largest absolute Gasteiger partial charge is 0.370 e. The highest BCUT2D eigenvalue weighted by Crippen LogP contribution is 2.28. The van der Waals surface area contributed by atoms with Crippen LogP contribution in [0.1, 0.15) is 11.9 Å². The Labute approximate surface area is 125 Å². The molecular weight excluding hydrogens is 280 g/mol. The number of benzene rings is 1. The Morgan fingerprint density at radius 2 is 1.95 bits per heavy atom. The van der Waals surface area contributed by atoms with Gasteiger partial charge in [0, 0.05) is 6.20 Å². The number of fused-ring (bicyclic) bond motifs is 3. The zero-order valence-corrected chi connectivity index (χ0v) is 11.5. The lowest BCUT2D eigenvalue weighted by Gasteiger charge is -2.26. The summed E-state index contributed by atoms with van der Waals surface area (Å²) in [6, 6.07) is 12.9. The summed E-state index contributed by atoms with van der Waals surface area (Å²) in [6.07, 6.45) is 1.23. The fraction of sp³-hybridized carbons (Fsp3) is 0.0667. The number of aliphatic imine (C=N–C) groups is 1. The van der Waals surface area contributed by atoms with Crippen LogP contribution in [0.5, 0.6) is 0 Å². The van der Waals surface area contributed by atoms with E-state index in [0.717, 1.165) is 11.2 Å². The summed E-state index contributed by atoms with van der Waals surface area (Å²) in [5.74, 6) is 0.574. The smallest absolute Gasteiger partial charge is 0.282 e. The third-order valence-electron chi connectivity index (χ3n) is 3.53. The lowest BCUT2D eigenvalue weighted by Crippen LogP contribution is -2.35. The molecule has 3 heterocycles. The molecule has 0 fully saturated rings. The van der Waals surface area contributed by atoms with Crippen molar-refractivity contribution in [3.63, 3.8) is 0 Å². The maximum atomic E-state index is 12.1. The molecule has 108 valence electrons. The van der Waals surface area contributed by atoms with Crippen LogP contribution in [0.4, 0.5) is 5.95 Å². The van der Waals surface area contributed by atoms with Crippen LogP contribution in [0.25, 0.3) is 10.9 Å². The molecule has 0 bridgehead atoms. The molecule has 7 nitrogen and oxygen atoms in total. The summed E-state index contributed by atoms with van der Waals surface area (Å²) in [6.45, 7) is 0. The average molecular weight is 292 g/mol. The van der Waals surface area contributed by atoms with Gasteiger partial charge in [0.2, 0.25) is 5.95 Å². The van der Waals surface area contributed by atoms with Gasteiger partial charge < -0.3 is 5.73 Å². The van der Waals surface area contributed by atoms with Crippen LogP contribution >= 0.6 is 0 Å². The van der Waals surface area contributed by atoms with E-state index in [4.69, 9.17) is 5.73 Å². The van der Waals surface area contributed by atoms with Crippen molar-refractivity contribution in [2.24, 2.45) is 10.7 Å². The normalized spacial score (nSPS) is 16.7. The third-order valence-corrected chi connectivity index (χ3v) is 3.53. The molecule has 22 heavy (non-hydrogen) atoms. The summed E-state index contributed by atoms with van der Waals surface area (Å²) in [7, 11) is 0. The highest BCUT2D eigenvalue weighted by molar-refractivity contribution is 5.93. The lowest BCUT2D eigenvalue weighted by atomic mass is 10.2. The Bertz CT molecular complexity index is 947. The van der Waals surface area contributed by atoms with Crippen molar-refractivity contribution in [3.05, 3.63) is 64.7 Å². The fourth-order valence-corrected chi connectivity index (χ4v) is 2.59. The molecular formula is C15H12N6O. The SMILES string of the molecule is NC1=N[C@H](c2ccccn2)n2c(nc(=O)c3ccccc32)N1. The van der Waals surface area contributed by atoms with Gasteiger partial charge in [-0.1, -0.05) is 18.2 Å². The first-order chi connectivity index (χ1) is 10.7. The maximum absolute atomic E-state index is 12.1. The third kappa shape index (κ3) is 1.83. The second-order valence-corrected chi connectivity index (χ2v) is 4.90. The molecule has 7 heteroatoms. The quantitative estimate of drug-likeness (QED) is 0.699. The number of nitrogens with zero attached hydrogens (tertiary/aromatic N) is 4. The van der Waals surface area contributed by atoms with E-state index in [0.29, 0.717) is 11.3 Å². The molecule has 1 aliphatic rings. The Hall–Kier alpha value is -3.22. The molecule has 0 radical (unpaired) electrons. The Morgan fingerprint density at radius 3 is 2.77 bits per heavy atom. The maximum Gasteiger partial charge on any atom is 0.282 e. The molecule has 0 unspecified atom stereocenters. The number of hydrogen-bond donors (Lipinski definition) is 2. The minimum absolute atomic E-state index is 0.206. The van der Waals surface area contributed by atoms with Crippen LogP contribution in [0.15, 0.2) is 58.4 Å². The van der Waals surface area contributed by atoms with E-state index >= 15 is 0 Å². The lowest BCUT2D eigenvalue weighted by molar-refractivity contribution is 0.599. The van der Waals surface area contributed by atoms with Crippen LogP contribution < -0.4 is 16.6 Å². The van der Waals surface area contributed by atoms with Gasteiger partial charge in [-0.2, -0.15) is 4.98 Å². The topological polar surface area (TPSA) is 98.2 Å². The van der Waals surface area contributed by atoms with E-state index in [1.807, 2.05) is 41.0 Å². The molecule has 0 amide bonds. The van der Waals surface area contributed by atoms with Crippen LogP contribution in [-0.4, -0.2) is 20.5 Å². The summed E-state index contributed by atoms with van der Waals surface area (Å²) in [5, 5.41) is 3.38. The van der Waals surface area contributed by atoms with Crippen LogP contribution in [0.2, 0.25) is 0 Å². The zero-order valence-electron chi connectivity index (χ0n) is 11.5. The van der Waals surface area contributed by atoms with Crippen molar-refractivity contribution < 1.29 is 0 Å². The number of guanidine groups is 1. The summed E-state index contributed by atoms with van der Waals surface area (Å²) in [4.78, 5) is 25.0. The second-order valence-electron chi connectivity index (χ2n) is 4.90. The van der Waals surface area contributed by atoms with Crippen molar-refractivity contribution in [1.29, 1.82) is 0 Å². The van der Waals surface area contributed by atoms with Crippen LogP contribution in [-0.2, 0) is 0 Å². The van der Waals surface area contributed by atoms with E-state index in [1.165, 1.54) is 0 Å². The first-order valence-corrected chi connectivity index (χ1v) is 6.76. The molecule has 1 aromatic carbocycles. The first kappa shape index (κ1) is 12.5. The average Bonchev–Trinajstić information content (AvgIpc) is 2.55. The highest BCUT2D eigenvalue weighted by atomic mass is 16.1. The monoisotopic (exact) mass is 292 g/mol. The van der Waals surface area contributed by atoms with Gasteiger partial charge in [0.15, 0.2) is 12.1 Å². The molecule has 1 atom stereocenters. The van der Waals surface area contributed by atoms with Crippen molar-refractivity contribution >= 4 is 22.8 Å². The second kappa shape index (κ2) is 4.66. The van der Waals surface area contributed by atoms with E-state index in [1.54, 1.807) is 12.3 Å². The van der Waals surface area contributed by atoms with Crippen LogP contribution in [0, 0.1) is 0 Å².